The third-order valence-electron chi connectivity index (χ3n) is 3.24. The average molecular weight is 266 g/mol. The van der Waals surface area contributed by atoms with Crippen LogP contribution >= 0.6 is 11.3 Å². The van der Waals surface area contributed by atoms with E-state index < -0.39 is 0 Å². The molecule has 2 heterocycles. The lowest BCUT2D eigenvalue weighted by atomic mass is 10.2. The fraction of sp³-hybridized carbons (Fsp3) is 0.643. The van der Waals surface area contributed by atoms with Gasteiger partial charge in [-0.3, -0.25) is 9.69 Å². The van der Waals surface area contributed by atoms with Gasteiger partial charge in [0.1, 0.15) is 0 Å². The SMILES string of the molecule is CC(C)CNC(=O)c1cc2c(s1)CN(C(C)C)C2. The van der Waals surface area contributed by atoms with Crippen molar-refractivity contribution in [1.82, 2.24) is 10.2 Å². The molecule has 0 unspecified atom stereocenters. The first-order chi connectivity index (χ1) is 8.47. The van der Waals surface area contributed by atoms with Crippen molar-refractivity contribution < 1.29 is 4.79 Å². The first kappa shape index (κ1) is 13.6. The van der Waals surface area contributed by atoms with Crippen molar-refractivity contribution in [3.8, 4) is 0 Å². The highest BCUT2D eigenvalue weighted by molar-refractivity contribution is 7.14. The highest BCUT2D eigenvalue weighted by Crippen LogP contribution is 2.32. The standard InChI is InChI=1S/C14H22N2OS/c1-9(2)6-15-14(17)12-5-11-7-16(10(3)4)8-13(11)18-12/h5,9-10H,6-8H2,1-4H3,(H,15,17). The predicted molar refractivity (Wildman–Crippen MR) is 75.9 cm³/mol. The van der Waals surface area contributed by atoms with Crippen LogP contribution in [0.2, 0.25) is 0 Å². The van der Waals surface area contributed by atoms with Crippen molar-refractivity contribution in [3.05, 3.63) is 21.4 Å². The first-order valence-electron chi connectivity index (χ1n) is 6.61. The molecule has 1 N–H and O–H groups in total. The van der Waals surface area contributed by atoms with Crippen LogP contribution in [-0.2, 0) is 13.1 Å². The lowest BCUT2D eigenvalue weighted by Gasteiger charge is -2.19. The van der Waals surface area contributed by atoms with Crippen LogP contribution in [-0.4, -0.2) is 23.4 Å². The number of fused-ring (bicyclic) bond motifs is 1. The average Bonchev–Trinajstić information content (AvgIpc) is 2.82. The third kappa shape index (κ3) is 2.93. The molecule has 4 heteroatoms. The van der Waals surface area contributed by atoms with E-state index >= 15 is 0 Å². The van der Waals surface area contributed by atoms with E-state index in [1.54, 1.807) is 11.3 Å². The molecule has 0 saturated heterocycles. The molecular formula is C14H22N2OS. The van der Waals surface area contributed by atoms with E-state index in [2.05, 4.69) is 44.0 Å². The van der Waals surface area contributed by atoms with E-state index in [-0.39, 0.29) is 5.91 Å². The molecule has 0 fully saturated rings. The topological polar surface area (TPSA) is 32.3 Å². The van der Waals surface area contributed by atoms with Crippen LogP contribution in [0.3, 0.4) is 0 Å². The van der Waals surface area contributed by atoms with Gasteiger partial charge in [-0.15, -0.1) is 11.3 Å². The summed E-state index contributed by atoms with van der Waals surface area (Å²) >= 11 is 1.65. The summed E-state index contributed by atoms with van der Waals surface area (Å²) < 4.78 is 0. The molecule has 100 valence electrons. The van der Waals surface area contributed by atoms with Crippen molar-refractivity contribution in [2.24, 2.45) is 5.92 Å². The molecule has 18 heavy (non-hydrogen) atoms. The summed E-state index contributed by atoms with van der Waals surface area (Å²) in [4.78, 5) is 16.6. The number of carbonyl (C=O) groups is 1. The van der Waals surface area contributed by atoms with Crippen LogP contribution in [0.1, 0.15) is 47.8 Å². The zero-order valence-electron chi connectivity index (χ0n) is 11.6. The summed E-state index contributed by atoms with van der Waals surface area (Å²) in [6.07, 6.45) is 0. The first-order valence-corrected chi connectivity index (χ1v) is 7.43. The Kier molecular flexibility index (Phi) is 4.07. The fourth-order valence-electron chi connectivity index (χ4n) is 2.05. The van der Waals surface area contributed by atoms with Gasteiger partial charge in [0.05, 0.1) is 4.88 Å². The summed E-state index contributed by atoms with van der Waals surface area (Å²) in [7, 11) is 0. The normalized spacial score (nSPS) is 15.4. The van der Waals surface area contributed by atoms with Crippen molar-refractivity contribution in [2.75, 3.05) is 6.54 Å². The lowest BCUT2D eigenvalue weighted by Crippen LogP contribution is -2.27. The molecule has 0 spiro atoms. The van der Waals surface area contributed by atoms with Gasteiger partial charge in [-0.1, -0.05) is 13.8 Å². The van der Waals surface area contributed by atoms with E-state index in [0.29, 0.717) is 12.0 Å². The molecule has 0 aromatic carbocycles. The van der Waals surface area contributed by atoms with Crippen LogP contribution < -0.4 is 5.32 Å². The maximum absolute atomic E-state index is 12.0. The number of hydrogen-bond donors (Lipinski definition) is 1. The van der Waals surface area contributed by atoms with Gasteiger partial charge in [0.25, 0.3) is 5.91 Å². The van der Waals surface area contributed by atoms with Crippen molar-refractivity contribution in [1.29, 1.82) is 0 Å². The number of nitrogens with zero attached hydrogens (tertiary/aromatic N) is 1. The molecule has 0 radical (unpaired) electrons. The Bertz CT molecular complexity index is 414. The van der Waals surface area contributed by atoms with Crippen molar-refractivity contribution in [2.45, 2.75) is 46.8 Å². The maximum Gasteiger partial charge on any atom is 0.261 e. The Hall–Kier alpha value is -0.870. The number of thiophene rings is 1. The number of carbonyl (C=O) groups excluding carboxylic acids is 1. The van der Waals surface area contributed by atoms with Gasteiger partial charge in [-0.05, 0) is 31.4 Å². The highest BCUT2D eigenvalue weighted by atomic mass is 32.1. The summed E-state index contributed by atoms with van der Waals surface area (Å²) in [5.74, 6) is 0.580. The molecule has 1 aliphatic rings. The maximum atomic E-state index is 12.0. The predicted octanol–water partition coefficient (Wildman–Crippen LogP) is 2.86. The van der Waals surface area contributed by atoms with Gasteiger partial charge < -0.3 is 5.32 Å². The zero-order valence-corrected chi connectivity index (χ0v) is 12.4. The smallest absolute Gasteiger partial charge is 0.261 e. The molecule has 0 bridgehead atoms. The number of rotatable bonds is 4. The second-order valence-electron chi connectivity index (χ2n) is 5.66. The number of hydrogen-bond acceptors (Lipinski definition) is 3. The van der Waals surface area contributed by atoms with Gasteiger partial charge in [0, 0.05) is 30.6 Å². The van der Waals surface area contributed by atoms with Crippen LogP contribution in [0.5, 0.6) is 0 Å². The van der Waals surface area contributed by atoms with Crippen molar-refractivity contribution >= 4 is 17.2 Å². The molecular weight excluding hydrogens is 244 g/mol. The molecule has 1 amide bonds. The Morgan fingerprint density at radius 2 is 2.11 bits per heavy atom. The van der Waals surface area contributed by atoms with Crippen LogP contribution in [0.25, 0.3) is 0 Å². The third-order valence-corrected chi connectivity index (χ3v) is 4.40. The second kappa shape index (κ2) is 5.41. The lowest BCUT2D eigenvalue weighted by molar-refractivity contribution is 0.0953. The summed E-state index contributed by atoms with van der Waals surface area (Å²) in [6.45, 7) is 11.4. The second-order valence-corrected chi connectivity index (χ2v) is 6.80. The minimum absolute atomic E-state index is 0.0826. The van der Waals surface area contributed by atoms with Crippen LogP contribution in [0.4, 0.5) is 0 Å². The quantitative estimate of drug-likeness (QED) is 0.909. The number of amides is 1. The van der Waals surface area contributed by atoms with E-state index in [1.165, 1.54) is 10.4 Å². The zero-order chi connectivity index (χ0) is 13.3. The minimum atomic E-state index is 0.0826. The van der Waals surface area contributed by atoms with E-state index in [1.807, 2.05) is 0 Å². The molecule has 3 nitrogen and oxygen atoms in total. The van der Waals surface area contributed by atoms with Gasteiger partial charge >= 0.3 is 0 Å². The van der Waals surface area contributed by atoms with E-state index in [4.69, 9.17) is 0 Å². The van der Waals surface area contributed by atoms with E-state index in [0.717, 1.165) is 24.5 Å². The molecule has 1 aromatic heterocycles. The van der Waals surface area contributed by atoms with Crippen LogP contribution in [0, 0.1) is 5.92 Å². The molecule has 2 rings (SSSR count). The highest BCUT2D eigenvalue weighted by Gasteiger charge is 2.25. The Morgan fingerprint density at radius 1 is 1.39 bits per heavy atom. The Balaban J connectivity index is 1.99. The molecule has 0 aliphatic carbocycles. The monoisotopic (exact) mass is 266 g/mol. The van der Waals surface area contributed by atoms with E-state index in [9.17, 15) is 4.79 Å². The van der Waals surface area contributed by atoms with Crippen LogP contribution in [0.15, 0.2) is 6.07 Å². The molecule has 0 atom stereocenters. The Morgan fingerprint density at radius 3 is 2.67 bits per heavy atom. The fourth-order valence-corrected chi connectivity index (χ4v) is 3.17. The van der Waals surface area contributed by atoms with Gasteiger partial charge in [-0.25, -0.2) is 0 Å². The van der Waals surface area contributed by atoms with Gasteiger partial charge in [0.15, 0.2) is 0 Å². The number of nitrogens with one attached hydrogen (secondary N) is 1. The summed E-state index contributed by atoms with van der Waals surface area (Å²) in [5.41, 5.74) is 1.34. The van der Waals surface area contributed by atoms with Gasteiger partial charge in [-0.2, -0.15) is 0 Å². The summed E-state index contributed by atoms with van der Waals surface area (Å²) in [5, 5.41) is 2.98. The Labute approximate surface area is 113 Å². The minimum Gasteiger partial charge on any atom is -0.351 e. The van der Waals surface area contributed by atoms with Gasteiger partial charge in [0.2, 0.25) is 0 Å². The largest absolute Gasteiger partial charge is 0.351 e. The molecule has 1 aliphatic heterocycles. The van der Waals surface area contributed by atoms with Crippen molar-refractivity contribution in [3.63, 3.8) is 0 Å². The molecule has 1 aromatic rings. The summed E-state index contributed by atoms with van der Waals surface area (Å²) in [6, 6.07) is 2.64. The molecule has 0 saturated carbocycles.